The number of thioether (sulfide) groups is 1. The van der Waals surface area contributed by atoms with Crippen LogP contribution in [0.1, 0.15) is 36.4 Å². The molecule has 0 amide bonds. The maximum absolute atomic E-state index is 12.4. The molecule has 116 valence electrons. The fraction of sp³-hybridized carbons (Fsp3) is 0.692. The normalized spacial score (nSPS) is 12.8. The van der Waals surface area contributed by atoms with E-state index < -0.39 is 10.0 Å². The SMILES string of the molecule is CCC(CC)(CNS(=O)(=O)c1cc(CN)sc1C)SC. The van der Waals surface area contributed by atoms with Crippen LogP contribution in [0.3, 0.4) is 0 Å². The molecule has 0 saturated heterocycles. The molecule has 0 saturated carbocycles. The van der Waals surface area contributed by atoms with Gasteiger partial charge in [0, 0.05) is 27.6 Å². The monoisotopic (exact) mass is 336 g/mol. The summed E-state index contributed by atoms with van der Waals surface area (Å²) >= 11 is 3.17. The van der Waals surface area contributed by atoms with Gasteiger partial charge in [-0.05, 0) is 32.1 Å². The van der Waals surface area contributed by atoms with Crippen molar-refractivity contribution in [2.45, 2.75) is 49.8 Å². The first-order valence-electron chi connectivity index (χ1n) is 6.68. The average molecular weight is 337 g/mol. The Labute approximate surface area is 130 Å². The number of hydrogen-bond donors (Lipinski definition) is 2. The molecule has 0 radical (unpaired) electrons. The van der Waals surface area contributed by atoms with E-state index in [4.69, 9.17) is 5.73 Å². The van der Waals surface area contributed by atoms with Gasteiger partial charge >= 0.3 is 0 Å². The minimum atomic E-state index is -3.45. The summed E-state index contributed by atoms with van der Waals surface area (Å²) in [6, 6.07) is 1.68. The van der Waals surface area contributed by atoms with Crippen molar-refractivity contribution in [1.29, 1.82) is 0 Å². The van der Waals surface area contributed by atoms with Crippen molar-refractivity contribution in [3.05, 3.63) is 15.8 Å². The first-order valence-corrected chi connectivity index (χ1v) is 10.2. The van der Waals surface area contributed by atoms with Crippen LogP contribution in [-0.4, -0.2) is 26.0 Å². The lowest BCUT2D eigenvalue weighted by Gasteiger charge is -2.29. The summed E-state index contributed by atoms with van der Waals surface area (Å²) in [5.41, 5.74) is 5.57. The van der Waals surface area contributed by atoms with E-state index in [1.54, 1.807) is 17.8 Å². The zero-order chi connectivity index (χ0) is 15.4. The van der Waals surface area contributed by atoms with Crippen LogP contribution in [-0.2, 0) is 16.6 Å². The van der Waals surface area contributed by atoms with E-state index in [0.717, 1.165) is 22.6 Å². The van der Waals surface area contributed by atoms with Crippen LogP contribution in [0.2, 0.25) is 0 Å². The average Bonchev–Trinajstić information content (AvgIpc) is 2.83. The molecule has 0 unspecified atom stereocenters. The predicted molar refractivity (Wildman–Crippen MR) is 89.0 cm³/mol. The van der Waals surface area contributed by atoms with Gasteiger partial charge in [-0.25, -0.2) is 13.1 Å². The van der Waals surface area contributed by atoms with E-state index in [1.165, 1.54) is 11.3 Å². The Morgan fingerprint density at radius 1 is 1.40 bits per heavy atom. The highest BCUT2D eigenvalue weighted by Gasteiger charge is 2.28. The quantitative estimate of drug-likeness (QED) is 0.765. The largest absolute Gasteiger partial charge is 0.326 e. The van der Waals surface area contributed by atoms with Crippen LogP contribution < -0.4 is 10.5 Å². The number of sulfonamides is 1. The van der Waals surface area contributed by atoms with Gasteiger partial charge in [-0.1, -0.05) is 13.8 Å². The number of nitrogens with one attached hydrogen (secondary N) is 1. The Hall–Kier alpha value is -0.0800. The first-order chi connectivity index (χ1) is 9.34. The Morgan fingerprint density at radius 3 is 2.40 bits per heavy atom. The lowest BCUT2D eigenvalue weighted by atomic mass is 10.0. The molecule has 0 atom stereocenters. The van der Waals surface area contributed by atoms with E-state index in [1.807, 2.05) is 13.2 Å². The molecule has 1 heterocycles. The number of rotatable bonds is 8. The molecule has 0 aromatic carbocycles. The number of nitrogens with two attached hydrogens (primary N) is 1. The minimum absolute atomic E-state index is 0.0340. The first kappa shape index (κ1) is 18.0. The van der Waals surface area contributed by atoms with E-state index >= 15 is 0 Å². The van der Waals surface area contributed by atoms with E-state index in [9.17, 15) is 8.42 Å². The third-order valence-electron chi connectivity index (χ3n) is 3.72. The van der Waals surface area contributed by atoms with E-state index in [-0.39, 0.29) is 4.75 Å². The molecular weight excluding hydrogens is 312 g/mol. The van der Waals surface area contributed by atoms with Gasteiger partial charge in [-0.15, -0.1) is 11.3 Å². The molecule has 0 spiro atoms. The summed E-state index contributed by atoms with van der Waals surface area (Å²) < 4.78 is 27.6. The summed E-state index contributed by atoms with van der Waals surface area (Å²) in [7, 11) is -3.45. The standard InChI is InChI=1S/C13H24N2O2S3/c1-5-13(6-2,18-4)9-15-20(16,17)12-7-11(8-14)19-10(12)3/h7,15H,5-6,8-9,14H2,1-4H3. The van der Waals surface area contributed by atoms with Crippen LogP contribution >= 0.6 is 23.1 Å². The second-order valence-electron chi connectivity index (χ2n) is 4.76. The van der Waals surface area contributed by atoms with Crippen LogP contribution in [0.25, 0.3) is 0 Å². The van der Waals surface area contributed by atoms with Gasteiger partial charge in [0.1, 0.15) is 0 Å². The minimum Gasteiger partial charge on any atom is -0.326 e. The lowest BCUT2D eigenvalue weighted by Crippen LogP contribution is -2.39. The second-order valence-corrected chi connectivity index (χ2v) is 9.11. The highest BCUT2D eigenvalue weighted by Crippen LogP contribution is 2.31. The molecule has 4 nitrogen and oxygen atoms in total. The zero-order valence-electron chi connectivity index (χ0n) is 12.5. The molecule has 0 aliphatic rings. The topological polar surface area (TPSA) is 72.2 Å². The van der Waals surface area contributed by atoms with Crippen molar-refractivity contribution < 1.29 is 8.42 Å². The Bertz CT molecular complexity index is 526. The van der Waals surface area contributed by atoms with Gasteiger partial charge in [0.2, 0.25) is 10.0 Å². The summed E-state index contributed by atoms with van der Waals surface area (Å²) in [4.78, 5) is 2.05. The Balaban J connectivity index is 2.92. The molecule has 0 bridgehead atoms. The lowest BCUT2D eigenvalue weighted by molar-refractivity contribution is 0.522. The molecule has 0 aliphatic carbocycles. The Kier molecular flexibility index (Phi) is 6.53. The summed E-state index contributed by atoms with van der Waals surface area (Å²) in [6.45, 7) is 6.84. The van der Waals surface area contributed by atoms with Crippen LogP contribution in [0.4, 0.5) is 0 Å². The number of thiophene rings is 1. The van der Waals surface area contributed by atoms with Gasteiger partial charge in [-0.2, -0.15) is 11.8 Å². The molecule has 7 heteroatoms. The number of hydrogen-bond acceptors (Lipinski definition) is 5. The zero-order valence-corrected chi connectivity index (χ0v) is 15.0. The van der Waals surface area contributed by atoms with Crippen LogP contribution in [0.5, 0.6) is 0 Å². The molecule has 3 N–H and O–H groups in total. The maximum Gasteiger partial charge on any atom is 0.241 e. The van der Waals surface area contributed by atoms with Gasteiger partial charge in [0.05, 0.1) is 4.90 Å². The highest BCUT2D eigenvalue weighted by atomic mass is 32.2. The molecule has 20 heavy (non-hydrogen) atoms. The van der Waals surface area contributed by atoms with Crippen molar-refractivity contribution in [2.75, 3.05) is 12.8 Å². The van der Waals surface area contributed by atoms with Gasteiger partial charge in [0.15, 0.2) is 0 Å². The van der Waals surface area contributed by atoms with Gasteiger partial charge in [-0.3, -0.25) is 0 Å². The van der Waals surface area contributed by atoms with Crippen molar-refractivity contribution in [2.24, 2.45) is 5.73 Å². The van der Waals surface area contributed by atoms with Crippen molar-refractivity contribution in [3.63, 3.8) is 0 Å². The summed E-state index contributed by atoms with van der Waals surface area (Å²) in [6.07, 6.45) is 3.90. The van der Waals surface area contributed by atoms with Crippen molar-refractivity contribution >= 4 is 33.1 Å². The fourth-order valence-electron chi connectivity index (χ4n) is 2.06. The third-order valence-corrected chi connectivity index (χ3v) is 8.04. The third kappa shape index (κ3) is 3.98. The Morgan fingerprint density at radius 2 is 2.00 bits per heavy atom. The second kappa shape index (κ2) is 7.26. The molecule has 1 rings (SSSR count). The maximum atomic E-state index is 12.4. The molecule has 0 fully saturated rings. The van der Waals surface area contributed by atoms with Crippen LogP contribution in [0, 0.1) is 6.92 Å². The molecule has 0 aliphatic heterocycles. The smallest absolute Gasteiger partial charge is 0.241 e. The number of aryl methyl sites for hydroxylation is 1. The molecule has 1 aromatic rings. The predicted octanol–water partition coefficient (Wildman–Crippen LogP) is 2.72. The van der Waals surface area contributed by atoms with Crippen molar-refractivity contribution in [1.82, 2.24) is 4.72 Å². The van der Waals surface area contributed by atoms with Crippen molar-refractivity contribution in [3.8, 4) is 0 Å². The summed E-state index contributed by atoms with van der Waals surface area (Å²) in [5.74, 6) is 0. The van der Waals surface area contributed by atoms with Gasteiger partial charge in [0.25, 0.3) is 0 Å². The highest BCUT2D eigenvalue weighted by molar-refractivity contribution is 8.00. The molecule has 1 aromatic heterocycles. The summed E-state index contributed by atoms with van der Waals surface area (Å²) in [5, 5.41) is 0. The van der Waals surface area contributed by atoms with Crippen LogP contribution in [0.15, 0.2) is 11.0 Å². The molecular formula is C13H24N2O2S3. The van der Waals surface area contributed by atoms with Gasteiger partial charge < -0.3 is 5.73 Å². The van der Waals surface area contributed by atoms with E-state index in [2.05, 4.69) is 18.6 Å². The van der Waals surface area contributed by atoms with E-state index in [0.29, 0.717) is 18.0 Å². The fourth-order valence-corrected chi connectivity index (χ4v) is 5.58.